The van der Waals surface area contributed by atoms with Crippen LogP contribution in [0.3, 0.4) is 0 Å². The summed E-state index contributed by atoms with van der Waals surface area (Å²) in [7, 11) is -0.277. The Hall–Kier alpha value is -2.10. The lowest BCUT2D eigenvalue weighted by Gasteiger charge is -2.31. The first-order valence-electron chi connectivity index (χ1n) is 10.5. The minimum Gasteiger partial charge on any atom is -0.493 e. The highest BCUT2D eigenvalue weighted by molar-refractivity contribution is 9.10. The molecule has 1 fully saturated rings. The smallest absolute Gasteiger partial charge is 0.223 e. The first kappa shape index (κ1) is 24.5. The number of nitrogens with one attached hydrogen (secondary N) is 1. The molecule has 0 radical (unpaired) electrons. The lowest BCUT2D eigenvalue weighted by Crippen LogP contribution is -2.43. The van der Waals surface area contributed by atoms with Gasteiger partial charge in [0.25, 0.3) is 0 Å². The Bertz CT molecular complexity index is 1050. The Balaban J connectivity index is 1.56. The predicted molar refractivity (Wildman–Crippen MR) is 127 cm³/mol. The molecule has 174 valence electrons. The molecular weight excluding hydrogens is 496 g/mol. The van der Waals surface area contributed by atoms with Crippen LogP contribution < -0.4 is 14.8 Å². The summed E-state index contributed by atoms with van der Waals surface area (Å²) >= 11 is 3.37. The summed E-state index contributed by atoms with van der Waals surface area (Å²) in [5.74, 6) is 0.923. The summed E-state index contributed by atoms with van der Waals surface area (Å²) in [5.41, 5.74) is 1.65. The highest BCUT2D eigenvalue weighted by Crippen LogP contribution is 2.30. The maximum Gasteiger partial charge on any atom is 0.223 e. The van der Waals surface area contributed by atoms with Crippen LogP contribution in [0.4, 0.5) is 0 Å². The van der Waals surface area contributed by atoms with E-state index < -0.39 is 10.0 Å². The Labute approximate surface area is 198 Å². The van der Waals surface area contributed by atoms with E-state index in [1.165, 1.54) is 4.31 Å². The second-order valence-electron chi connectivity index (χ2n) is 7.90. The molecule has 0 aromatic heterocycles. The molecule has 0 aliphatic carbocycles. The fourth-order valence-electron chi connectivity index (χ4n) is 3.86. The van der Waals surface area contributed by atoms with E-state index in [9.17, 15) is 13.2 Å². The number of carbonyl (C=O) groups is 1. The van der Waals surface area contributed by atoms with E-state index >= 15 is 0 Å². The van der Waals surface area contributed by atoms with Crippen LogP contribution in [0, 0.1) is 5.92 Å². The van der Waals surface area contributed by atoms with Gasteiger partial charge in [0, 0.05) is 23.5 Å². The second kappa shape index (κ2) is 10.7. The topological polar surface area (TPSA) is 84.9 Å². The Kier molecular flexibility index (Phi) is 8.19. The van der Waals surface area contributed by atoms with Gasteiger partial charge in [-0.2, -0.15) is 0 Å². The molecule has 0 bridgehead atoms. The molecule has 1 amide bonds. The summed E-state index contributed by atoms with van der Waals surface area (Å²) < 4.78 is 38.6. The van der Waals surface area contributed by atoms with Crippen LogP contribution in [-0.2, 0) is 20.6 Å². The number of hydrogen-bond acceptors (Lipinski definition) is 5. The van der Waals surface area contributed by atoms with E-state index in [1.54, 1.807) is 20.3 Å². The van der Waals surface area contributed by atoms with Crippen molar-refractivity contribution in [1.82, 2.24) is 9.62 Å². The number of sulfonamides is 1. The zero-order valence-electron chi connectivity index (χ0n) is 18.5. The van der Waals surface area contributed by atoms with Crippen molar-refractivity contribution in [2.45, 2.75) is 31.6 Å². The summed E-state index contributed by atoms with van der Waals surface area (Å²) in [6, 6.07) is 12.6. The molecule has 2 aromatic rings. The summed E-state index contributed by atoms with van der Waals surface area (Å²) in [5, 5.41) is 3.05. The zero-order valence-corrected chi connectivity index (χ0v) is 20.9. The second-order valence-corrected chi connectivity index (χ2v) is 10.8. The minimum atomic E-state index is -3.43. The van der Waals surface area contributed by atoms with Gasteiger partial charge in [0.1, 0.15) is 0 Å². The van der Waals surface area contributed by atoms with Crippen LogP contribution >= 0.6 is 15.9 Å². The molecule has 7 nitrogen and oxygen atoms in total. The van der Waals surface area contributed by atoms with E-state index in [-0.39, 0.29) is 23.6 Å². The molecule has 0 saturated carbocycles. The number of amides is 1. The summed E-state index contributed by atoms with van der Waals surface area (Å²) in [6.07, 6.45) is 1.00. The average molecular weight is 525 g/mol. The number of halogens is 1. The number of nitrogens with zero attached hydrogens (tertiary/aromatic N) is 1. The number of hydrogen-bond donors (Lipinski definition) is 1. The minimum absolute atomic E-state index is 0.0420. The maximum atomic E-state index is 12.8. The standard InChI is InChI=1S/C23H29BrN2O5S/c1-16(19-7-8-21(30-2)22(14-19)31-3)25-23(27)18-9-11-26(12-10-18)32(28,29)15-17-5-4-6-20(24)13-17/h4-8,13-14,16,18H,9-12,15H2,1-3H3,(H,25,27). The molecule has 1 aliphatic heterocycles. The zero-order chi connectivity index (χ0) is 23.3. The molecular formula is C23H29BrN2O5S. The fourth-order valence-corrected chi connectivity index (χ4v) is 5.86. The van der Waals surface area contributed by atoms with Crippen molar-refractivity contribution in [2.24, 2.45) is 5.92 Å². The highest BCUT2D eigenvalue weighted by atomic mass is 79.9. The molecule has 2 aromatic carbocycles. The first-order chi connectivity index (χ1) is 15.2. The van der Waals surface area contributed by atoms with E-state index in [4.69, 9.17) is 9.47 Å². The van der Waals surface area contributed by atoms with Gasteiger partial charge in [0.05, 0.1) is 26.0 Å². The van der Waals surface area contributed by atoms with E-state index in [1.807, 2.05) is 43.3 Å². The summed E-state index contributed by atoms with van der Waals surface area (Å²) in [4.78, 5) is 12.8. The number of ether oxygens (including phenoxy) is 2. The van der Waals surface area contributed by atoms with Gasteiger partial charge in [0.2, 0.25) is 15.9 Å². The molecule has 0 spiro atoms. The molecule has 3 rings (SSSR count). The van der Waals surface area contributed by atoms with E-state index in [0.29, 0.717) is 37.4 Å². The van der Waals surface area contributed by atoms with E-state index in [0.717, 1.165) is 15.6 Å². The van der Waals surface area contributed by atoms with Crippen molar-refractivity contribution < 1.29 is 22.7 Å². The quantitative estimate of drug-likeness (QED) is 0.566. The van der Waals surface area contributed by atoms with Crippen molar-refractivity contribution in [3.63, 3.8) is 0 Å². The number of rotatable bonds is 8. The molecule has 1 N–H and O–H groups in total. The molecule has 1 aliphatic rings. The Morgan fingerprint density at radius 3 is 2.44 bits per heavy atom. The van der Waals surface area contributed by atoms with Crippen molar-refractivity contribution in [3.8, 4) is 11.5 Å². The third-order valence-corrected chi connectivity index (χ3v) is 8.07. The highest BCUT2D eigenvalue weighted by Gasteiger charge is 2.31. The van der Waals surface area contributed by atoms with Gasteiger partial charge in [-0.1, -0.05) is 34.1 Å². The number of carbonyl (C=O) groups excluding carboxylic acids is 1. The SMILES string of the molecule is COc1ccc(C(C)NC(=O)C2CCN(S(=O)(=O)Cc3cccc(Br)c3)CC2)cc1OC. The third kappa shape index (κ3) is 6.02. The summed E-state index contributed by atoms with van der Waals surface area (Å²) in [6.45, 7) is 2.61. The van der Waals surface area contributed by atoms with Crippen molar-refractivity contribution >= 4 is 31.9 Å². The monoisotopic (exact) mass is 524 g/mol. The van der Waals surface area contributed by atoms with Gasteiger partial charge in [-0.15, -0.1) is 0 Å². The Morgan fingerprint density at radius 2 is 1.81 bits per heavy atom. The normalized spacial score (nSPS) is 16.4. The largest absolute Gasteiger partial charge is 0.493 e. The van der Waals surface area contributed by atoms with E-state index in [2.05, 4.69) is 21.2 Å². The van der Waals surface area contributed by atoms with Gasteiger partial charge in [0.15, 0.2) is 11.5 Å². The van der Waals surface area contributed by atoms with Crippen LogP contribution in [0.1, 0.15) is 36.9 Å². The maximum absolute atomic E-state index is 12.8. The predicted octanol–water partition coefficient (Wildman–Crippen LogP) is 3.89. The lowest BCUT2D eigenvalue weighted by molar-refractivity contribution is -0.126. The van der Waals surface area contributed by atoms with Gasteiger partial charge in [-0.3, -0.25) is 4.79 Å². The van der Waals surface area contributed by atoms with Crippen molar-refractivity contribution in [3.05, 3.63) is 58.1 Å². The molecule has 32 heavy (non-hydrogen) atoms. The molecule has 1 atom stereocenters. The van der Waals surface area contributed by atoms with Gasteiger partial charge < -0.3 is 14.8 Å². The van der Waals surface area contributed by atoms with Gasteiger partial charge in [-0.25, -0.2) is 12.7 Å². The fraction of sp³-hybridized carbons (Fsp3) is 0.435. The first-order valence-corrected chi connectivity index (χ1v) is 12.9. The van der Waals surface area contributed by atoms with Crippen LogP contribution in [0.5, 0.6) is 11.5 Å². The number of piperidine rings is 1. The van der Waals surface area contributed by atoms with Crippen LogP contribution in [-0.4, -0.2) is 45.9 Å². The number of benzene rings is 2. The van der Waals surface area contributed by atoms with Crippen molar-refractivity contribution in [1.29, 1.82) is 0 Å². The Morgan fingerprint density at radius 1 is 1.12 bits per heavy atom. The molecule has 1 unspecified atom stereocenters. The van der Waals surface area contributed by atoms with Crippen LogP contribution in [0.25, 0.3) is 0 Å². The number of methoxy groups -OCH3 is 2. The van der Waals surface area contributed by atoms with Gasteiger partial charge in [-0.05, 0) is 55.2 Å². The van der Waals surface area contributed by atoms with Crippen LogP contribution in [0.2, 0.25) is 0 Å². The van der Waals surface area contributed by atoms with Gasteiger partial charge >= 0.3 is 0 Å². The third-order valence-electron chi connectivity index (χ3n) is 5.72. The molecule has 1 heterocycles. The molecule has 1 saturated heterocycles. The molecule has 9 heteroatoms. The lowest BCUT2D eigenvalue weighted by atomic mass is 9.96. The average Bonchev–Trinajstić information content (AvgIpc) is 2.78. The van der Waals surface area contributed by atoms with Crippen molar-refractivity contribution in [2.75, 3.05) is 27.3 Å². The van der Waals surface area contributed by atoms with Crippen LogP contribution in [0.15, 0.2) is 46.9 Å².